The van der Waals surface area contributed by atoms with Crippen molar-refractivity contribution in [1.29, 1.82) is 0 Å². The average molecular weight is 467 g/mol. The van der Waals surface area contributed by atoms with Crippen LogP contribution in [0.2, 0.25) is 0 Å². The van der Waals surface area contributed by atoms with E-state index in [-0.39, 0.29) is 29.1 Å². The second-order valence-corrected chi connectivity index (χ2v) is 8.52. The second-order valence-electron chi connectivity index (χ2n) is 8.52. The monoisotopic (exact) mass is 466 g/mol. The Morgan fingerprint density at radius 1 is 1.21 bits per heavy atom. The predicted octanol–water partition coefficient (Wildman–Crippen LogP) is 4.01. The van der Waals surface area contributed by atoms with E-state index in [4.69, 9.17) is 14.5 Å². The molecule has 34 heavy (non-hydrogen) atoms. The standard InChI is InChI=1S/C24H21FN2O5.C2H6/c1-3-31-23-19-12-6-4-5-11-10(2)15(25)8-16(18(11)12)26-20(19)17-7-13-14(22(29)27(17)23)9-32-24(30)21(13)28;1-2/h7-8,21,23,28H,3-6,9H2,1-2H3;1-2H3. The second kappa shape index (κ2) is 8.29. The quantitative estimate of drug-likeness (QED) is 0.574. The van der Waals surface area contributed by atoms with Crippen molar-refractivity contribution >= 4 is 16.9 Å². The van der Waals surface area contributed by atoms with Crippen LogP contribution < -0.4 is 5.56 Å². The number of ether oxygens (including phenoxy) is 2. The molecule has 1 aromatic carbocycles. The third-order valence-corrected chi connectivity index (χ3v) is 6.90. The van der Waals surface area contributed by atoms with Gasteiger partial charge in [0, 0.05) is 29.2 Å². The molecule has 0 saturated carbocycles. The number of pyridine rings is 2. The van der Waals surface area contributed by atoms with E-state index >= 15 is 0 Å². The number of carbonyl (C=O) groups is 1. The van der Waals surface area contributed by atoms with Gasteiger partial charge in [0.1, 0.15) is 12.4 Å². The lowest BCUT2D eigenvalue weighted by atomic mass is 9.84. The summed E-state index contributed by atoms with van der Waals surface area (Å²) in [5.41, 5.74) is 5.06. The van der Waals surface area contributed by atoms with Crippen molar-refractivity contribution in [1.82, 2.24) is 9.55 Å². The van der Waals surface area contributed by atoms with Gasteiger partial charge in [0.05, 0.1) is 22.5 Å². The van der Waals surface area contributed by atoms with Gasteiger partial charge in [0.15, 0.2) is 12.3 Å². The number of aryl methyl sites for hydroxylation is 2. The van der Waals surface area contributed by atoms with Crippen LogP contribution in [0.4, 0.5) is 4.39 Å². The maximum absolute atomic E-state index is 14.7. The Kier molecular flexibility index (Phi) is 5.53. The molecular weight excluding hydrogens is 439 g/mol. The van der Waals surface area contributed by atoms with E-state index in [1.165, 1.54) is 10.6 Å². The van der Waals surface area contributed by atoms with Crippen LogP contribution in [0.25, 0.3) is 22.3 Å². The molecule has 7 nitrogen and oxygen atoms in total. The van der Waals surface area contributed by atoms with E-state index in [2.05, 4.69) is 0 Å². The topological polar surface area (TPSA) is 90.6 Å². The van der Waals surface area contributed by atoms with Gasteiger partial charge in [-0.3, -0.25) is 9.36 Å². The number of nitrogens with zero attached hydrogens (tertiary/aromatic N) is 2. The number of esters is 1. The number of aliphatic hydroxyl groups is 1. The Bertz CT molecular complexity index is 1410. The molecule has 6 rings (SSSR count). The molecule has 2 atom stereocenters. The van der Waals surface area contributed by atoms with Gasteiger partial charge >= 0.3 is 5.97 Å². The first-order valence-electron chi connectivity index (χ1n) is 11.8. The van der Waals surface area contributed by atoms with E-state index in [1.54, 1.807) is 13.0 Å². The molecule has 0 spiro atoms. The van der Waals surface area contributed by atoms with E-state index in [0.29, 0.717) is 29.1 Å². The van der Waals surface area contributed by atoms with Crippen molar-refractivity contribution in [2.45, 2.75) is 65.9 Å². The highest BCUT2D eigenvalue weighted by Gasteiger charge is 2.40. The lowest BCUT2D eigenvalue weighted by Gasteiger charge is -2.25. The first kappa shape index (κ1) is 22.7. The first-order chi connectivity index (χ1) is 16.4. The van der Waals surface area contributed by atoms with E-state index in [1.807, 2.05) is 20.8 Å². The number of fused-ring (bicyclic) bond motifs is 5. The SMILES string of the molecule is CC.CCOC1c2c(nc3cc(F)c(C)c4c3c2CCC4)-c2cc3c(c(=O)n21)COC(=O)C3O. The van der Waals surface area contributed by atoms with Crippen LogP contribution >= 0.6 is 0 Å². The smallest absolute Gasteiger partial charge is 0.340 e. The van der Waals surface area contributed by atoms with Gasteiger partial charge < -0.3 is 14.6 Å². The third kappa shape index (κ3) is 2.98. The lowest BCUT2D eigenvalue weighted by Crippen LogP contribution is -2.34. The Hall–Kier alpha value is -3.10. The number of hydrogen-bond donors (Lipinski definition) is 1. The molecule has 2 aromatic heterocycles. The van der Waals surface area contributed by atoms with Gasteiger partial charge in [0.25, 0.3) is 5.56 Å². The fourth-order valence-corrected chi connectivity index (χ4v) is 5.43. The molecule has 3 aliphatic rings. The van der Waals surface area contributed by atoms with Crippen molar-refractivity contribution in [3.05, 3.63) is 61.7 Å². The van der Waals surface area contributed by atoms with Gasteiger partial charge in [-0.2, -0.15) is 0 Å². The van der Waals surface area contributed by atoms with Crippen LogP contribution in [0.15, 0.2) is 16.9 Å². The molecule has 0 fully saturated rings. The molecule has 0 amide bonds. The number of halogens is 1. The number of rotatable bonds is 2. The Morgan fingerprint density at radius 2 is 1.94 bits per heavy atom. The molecule has 1 aliphatic carbocycles. The van der Waals surface area contributed by atoms with Crippen LogP contribution in [0.5, 0.6) is 0 Å². The molecule has 3 aromatic rings. The summed E-state index contributed by atoms with van der Waals surface area (Å²) < 4.78 is 27.3. The highest BCUT2D eigenvalue weighted by Crippen LogP contribution is 2.46. The molecule has 2 unspecified atom stereocenters. The maximum atomic E-state index is 14.7. The first-order valence-corrected chi connectivity index (χ1v) is 11.8. The highest BCUT2D eigenvalue weighted by atomic mass is 19.1. The maximum Gasteiger partial charge on any atom is 0.340 e. The zero-order valence-electron chi connectivity index (χ0n) is 19.7. The van der Waals surface area contributed by atoms with Gasteiger partial charge in [-0.15, -0.1) is 0 Å². The fraction of sp³-hybridized carbons (Fsp3) is 0.423. The molecule has 0 bridgehead atoms. The minimum absolute atomic E-state index is 0.198. The van der Waals surface area contributed by atoms with Crippen molar-refractivity contribution in [2.75, 3.05) is 6.61 Å². The highest BCUT2D eigenvalue weighted by molar-refractivity contribution is 5.92. The molecule has 178 valence electrons. The van der Waals surface area contributed by atoms with Crippen molar-refractivity contribution in [3.63, 3.8) is 0 Å². The van der Waals surface area contributed by atoms with Gasteiger partial charge in [-0.05, 0) is 55.9 Å². The van der Waals surface area contributed by atoms with Gasteiger partial charge in [-0.1, -0.05) is 13.8 Å². The molecule has 4 heterocycles. The zero-order valence-corrected chi connectivity index (χ0v) is 19.7. The average Bonchev–Trinajstić information content (AvgIpc) is 3.15. The molecule has 1 N–H and O–H groups in total. The summed E-state index contributed by atoms with van der Waals surface area (Å²) in [6, 6.07) is 3.07. The summed E-state index contributed by atoms with van der Waals surface area (Å²) in [6.45, 7) is 7.82. The molecule has 0 saturated heterocycles. The third-order valence-electron chi connectivity index (χ3n) is 6.90. The summed E-state index contributed by atoms with van der Waals surface area (Å²) in [5, 5.41) is 11.3. The fourth-order valence-electron chi connectivity index (χ4n) is 5.43. The molecule has 8 heteroatoms. The van der Waals surface area contributed by atoms with Crippen LogP contribution in [-0.4, -0.2) is 27.2 Å². The van der Waals surface area contributed by atoms with E-state index in [0.717, 1.165) is 41.3 Å². The number of benzene rings is 1. The zero-order chi connectivity index (χ0) is 24.3. The molecule has 2 aliphatic heterocycles. The Labute approximate surface area is 196 Å². The molecule has 0 radical (unpaired) electrons. The Morgan fingerprint density at radius 3 is 2.68 bits per heavy atom. The number of carbonyl (C=O) groups excluding carboxylic acids is 1. The minimum Gasteiger partial charge on any atom is -0.458 e. The summed E-state index contributed by atoms with van der Waals surface area (Å²) in [7, 11) is 0. The normalized spacial score (nSPS) is 19.6. The number of aliphatic hydroxyl groups excluding tert-OH is 1. The summed E-state index contributed by atoms with van der Waals surface area (Å²) in [6.07, 6.45) is 0.207. The van der Waals surface area contributed by atoms with Gasteiger partial charge in [0.2, 0.25) is 0 Å². The summed E-state index contributed by atoms with van der Waals surface area (Å²) in [4.78, 5) is 30.2. The van der Waals surface area contributed by atoms with E-state index < -0.39 is 18.3 Å². The van der Waals surface area contributed by atoms with Crippen LogP contribution in [0.1, 0.15) is 72.9 Å². The lowest BCUT2D eigenvalue weighted by molar-refractivity contribution is -0.157. The number of aromatic nitrogens is 2. The van der Waals surface area contributed by atoms with Crippen LogP contribution in [0.3, 0.4) is 0 Å². The van der Waals surface area contributed by atoms with Crippen molar-refractivity contribution in [2.24, 2.45) is 0 Å². The summed E-state index contributed by atoms with van der Waals surface area (Å²) >= 11 is 0. The molecular formula is C26H27FN2O5. The van der Waals surface area contributed by atoms with Crippen molar-refractivity contribution in [3.8, 4) is 11.4 Å². The number of hydrogen-bond acceptors (Lipinski definition) is 6. The van der Waals surface area contributed by atoms with Crippen LogP contribution in [-0.2, 0) is 33.7 Å². The summed E-state index contributed by atoms with van der Waals surface area (Å²) in [5.74, 6) is -1.08. The largest absolute Gasteiger partial charge is 0.458 e. The Balaban J connectivity index is 0.00000117. The predicted molar refractivity (Wildman–Crippen MR) is 124 cm³/mol. The minimum atomic E-state index is -1.53. The number of cyclic esters (lactones) is 1. The van der Waals surface area contributed by atoms with E-state index in [9.17, 15) is 19.1 Å². The van der Waals surface area contributed by atoms with Gasteiger partial charge in [-0.25, -0.2) is 14.2 Å². The van der Waals surface area contributed by atoms with Crippen LogP contribution in [0, 0.1) is 12.7 Å². The van der Waals surface area contributed by atoms with Crippen molar-refractivity contribution < 1.29 is 23.8 Å².